The van der Waals surface area contributed by atoms with Gasteiger partial charge < -0.3 is 15.8 Å². The van der Waals surface area contributed by atoms with Gasteiger partial charge >= 0.3 is 0 Å². The van der Waals surface area contributed by atoms with Crippen LogP contribution in [0.1, 0.15) is 24.0 Å². The van der Waals surface area contributed by atoms with Gasteiger partial charge in [0.2, 0.25) is 0 Å². The van der Waals surface area contributed by atoms with Gasteiger partial charge in [0.05, 0.1) is 12.1 Å². The molecule has 0 heterocycles. The van der Waals surface area contributed by atoms with Crippen molar-refractivity contribution in [3.63, 3.8) is 0 Å². The molecule has 0 aliphatic heterocycles. The second-order valence-electron chi connectivity index (χ2n) is 5.51. The van der Waals surface area contributed by atoms with E-state index in [2.05, 4.69) is 48.4 Å². The van der Waals surface area contributed by atoms with Gasteiger partial charge in [0, 0.05) is 18.2 Å². The van der Waals surface area contributed by atoms with Crippen LogP contribution in [0.5, 0.6) is 5.75 Å². The molecule has 0 fully saturated rings. The average molecular weight is 332 g/mol. The van der Waals surface area contributed by atoms with Crippen molar-refractivity contribution in [2.45, 2.75) is 19.8 Å². The van der Waals surface area contributed by atoms with Gasteiger partial charge in [0.25, 0.3) is 0 Å². The number of aliphatic imine (C=N–C) groups is 1. The predicted octanol–water partition coefficient (Wildman–Crippen LogP) is 4.19. The van der Waals surface area contributed by atoms with E-state index in [0.717, 1.165) is 5.69 Å². The molecule has 5 heteroatoms. The van der Waals surface area contributed by atoms with Crippen LogP contribution in [0.15, 0.2) is 47.5 Å². The highest BCUT2D eigenvalue weighted by atomic mass is 35.5. The van der Waals surface area contributed by atoms with Crippen LogP contribution < -0.4 is 15.8 Å². The van der Waals surface area contributed by atoms with Crippen molar-refractivity contribution >= 4 is 23.2 Å². The summed E-state index contributed by atoms with van der Waals surface area (Å²) >= 11 is 6.09. The second kappa shape index (κ2) is 7.88. The van der Waals surface area contributed by atoms with E-state index in [1.54, 1.807) is 19.2 Å². The molecule has 3 N–H and O–H groups in total. The first-order valence-corrected chi connectivity index (χ1v) is 7.84. The Morgan fingerprint density at radius 1 is 1.26 bits per heavy atom. The lowest BCUT2D eigenvalue weighted by molar-refractivity contribution is 0.415. The van der Waals surface area contributed by atoms with Gasteiger partial charge in [-0.2, -0.15) is 0 Å². The number of ether oxygens (including phenoxy) is 1. The number of nitrogens with two attached hydrogens (primary N) is 1. The molecular weight excluding hydrogens is 310 g/mol. The van der Waals surface area contributed by atoms with E-state index in [-0.39, 0.29) is 0 Å². The SMILES string of the molecule is COc1ccc(NC(N)=NCC(C)c2ccc(C)cc2)cc1Cl. The van der Waals surface area contributed by atoms with Crippen molar-refractivity contribution < 1.29 is 4.74 Å². The zero-order valence-electron chi connectivity index (χ0n) is 13.6. The molecular formula is C18H22ClN3O. The highest BCUT2D eigenvalue weighted by molar-refractivity contribution is 6.32. The maximum atomic E-state index is 6.09. The van der Waals surface area contributed by atoms with Crippen LogP contribution in [-0.4, -0.2) is 19.6 Å². The molecule has 0 amide bonds. The summed E-state index contributed by atoms with van der Waals surface area (Å²) in [5.74, 6) is 1.29. The van der Waals surface area contributed by atoms with Crippen LogP contribution in [0, 0.1) is 6.92 Å². The molecule has 0 aliphatic rings. The minimum Gasteiger partial charge on any atom is -0.495 e. The molecule has 1 atom stereocenters. The van der Waals surface area contributed by atoms with Crippen LogP contribution in [-0.2, 0) is 0 Å². The first-order chi connectivity index (χ1) is 11.0. The summed E-state index contributed by atoms with van der Waals surface area (Å²) < 4.78 is 5.12. The molecule has 0 aliphatic carbocycles. The zero-order chi connectivity index (χ0) is 16.8. The molecule has 0 bridgehead atoms. The number of nitrogens with one attached hydrogen (secondary N) is 1. The average Bonchev–Trinajstić information content (AvgIpc) is 2.53. The Hall–Kier alpha value is -2.20. The number of nitrogens with zero attached hydrogens (tertiary/aromatic N) is 1. The van der Waals surface area contributed by atoms with Crippen molar-refractivity contribution in [1.29, 1.82) is 0 Å². The molecule has 2 aromatic rings. The Labute approximate surface area is 142 Å². The van der Waals surface area contributed by atoms with Gasteiger partial charge in [-0.05, 0) is 30.7 Å². The minimum atomic E-state index is 0.301. The molecule has 122 valence electrons. The van der Waals surface area contributed by atoms with E-state index in [0.29, 0.717) is 29.2 Å². The summed E-state index contributed by atoms with van der Waals surface area (Å²) in [6, 6.07) is 13.9. The minimum absolute atomic E-state index is 0.301. The Balaban J connectivity index is 1.97. The number of benzene rings is 2. The van der Waals surface area contributed by atoms with E-state index in [1.807, 2.05) is 6.07 Å². The molecule has 0 spiro atoms. The number of hydrogen-bond acceptors (Lipinski definition) is 2. The Morgan fingerprint density at radius 2 is 1.96 bits per heavy atom. The maximum Gasteiger partial charge on any atom is 0.193 e. The number of anilines is 1. The third-order valence-corrected chi connectivity index (χ3v) is 3.90. The van der Waals surface area contributed by atoms with Crippen molar-refractivity contribution in [2.24, 2.45) is 10.7 Å². The van der Waals surface area contributed by atoms with E-state index < -0.39 is 0 Å². The molecule has 0 aromatic heterocycles. The fourth-order valence-corrected chi connectivity index (χ4v) is 2.42. The van der Waals surface area contributed by atoms with Crippen LogP contribution in [0.2, 0.25) is 5.02 Å². The third-order valence-electron chi connectivity index (χ3n) is 3.61. The third kappa shape index (κ3) is 4.89. The fourth-order valence-electron chi connectivity index (χ4n) is 2.17. The predicted molar refractivity (Wildman–Crippen MR) is 97.7 cm³/mol. The zero-order valence-corrected chi connectivity index (χ0v) is 14.4. The standard InChI is InChI=1S/C18H22ClN3O/c1-12-4-6-14(7-5-12)13(2)11-21-18(20)22-15-8-9-17(23-3)16(19)10-15/h4-10,13H,11H2,1-3H3,(H3,20,21,22). The molecule has 0 saturated carbocycles. The van der Waals surface area contributed by atoms with E-state index in [9.17, 15) is 0 Å². The summed E-state index contributed by atoms with van der Waals surface area (Å²) in [6.07, 6.45) is 0. The highest BCUT2D eigenvalue weighted by Crippen LogP contribution is 2.27. The van der Waals surface area contributed by atoms with Crippen LogP contribution in [0.25, 0.3) is 0 Å². The van der Waals surface area contributed by atoms with Gasteiger partial charge in [-0.1, -0.05) is 48.4 Å². The monoisotopic (exact) mass is 331 g/mol. The van der Waals surface area contributed by atoms with E-state index in [4.69, 9.17) is 22.1 Å². The lowest BCUT2D eigenvalue weighted by atomic mass is 10.0. The number of aryl methyl sites for hydroxylation is 1. The van der Waals surface area contributed by atoms with Crippen LogP contribution >= 0.6 is 11.6 Å². The van der Waals surface area contributed by atoms with Gasteiger partial charge in [0.1, 0.15) is 5.75 Å². The molecule has 1 unspecified atom stereocenters. The highest BCUT2D eigenvalue weighted by Gasteiger charge is 2.06. The van der Waals surface area contributed by atoms with Gasteiger partial charge in [0.15, 0.2) is 5.96 Å². The van der Waals surface area contributed by atoms with Crippen LogP contribution in [0.4, 0.5) is 5.69 Å². The number of halogens is 1. The smallest absolute Gasteiger partial charge is 0.193 e. The molecule has 2 aromatic carbocycles. The van der Waals surface area contributed by atoms with Crippen molar-refractivity contribution in [3.8, 4) is 5.75 Å². The van der Waals surface area contributed by atoms with Crippen molar-refractivity contribution in [1.82, 2.24) is 0 Å². The number of guanidine groups is 1. The number of hydrogen-bond donors (Lipinski definition) is 2. The summed E-state index contributed by atoms with van der Waals surface area (Å²) in [4.78, 5) is 4.40. The largest absolute Gasteiger partial charge is 0.495 e. The van der Waals surface area contributed by atoms with Gasteiger partial charge in [-0.15, -0.1) is 0 Å². The van der Waals surface area contributed by atoms with Crippen molar-refractivity contribution in [2.75, 3.05) is 19.0 Å². The summed E-state index contributed by atoms with van der Waals surface area (Å²) in [6.45, 7) is 4.83. The normalized spacial score (nSPS) is 12.8. The van der Waals surface area contributed by atoms with Gasteiger partial charge in [-0.25, -0.2) is 0 Å². The lowest BCUT2D eigenvalue weighted by Gasteiger charge is -2.11. The lowest BCUT2D eigenvalue weighted by Crippen LogP contribution is -2.23. The Morgan fingerprint density at radius 3 is 2.57 bits per heavy atom. The van der Waals surface area contributed by atoms with Crippen LogP contribution in [0.3, 0.4) is 0 Å². The quantitative estimate of drug-likeness (QED) is 0.638. The number of methoxy groups -OCH3 is 1. The second-order valence-corrected chi connectivity index (χ2v) is 5.92. The molecule has 0 saturated heterocycles. The summed E-state index contributed by atoms with van der Waals surface area (Å²) in [5.41, 5.74) is 9.22. The first kappa shape index (κ1) is 17.2. The van der Waals surface area contributed by atoms with E-state index in [1.165, 1.54) is 11.1 Å². The summed E-state index contributed by atoms with van der Waals surface area (Å²) in [5, 5.41) is 3.56. The molecule has 23 heavy (non-hydrogen) atoms. The Bertz CT molecular complexity index is 683. The molecule has 0 radical (unpaired) electrons. The topological polar surface area (TPSA) is 59.6 Å². The molecule has 2 rings (SSSR count). The summed E-state index contributed by atoms with van der Waals surface area (Å²) in [7, 11) is 1.58. The molecule has 4 nitrogen and oxygen atoms in total. The first-order valence-electron chi connectivity index (χ1n) is 7.46. The Kier molecular flexibility index (Phi) is 5.88. The maximum absolute atomic E-state index is 6.09. The van der Waals surface area contributed by atoms with Gasteiger partial charge in [-0.3, -0.25) is 4.99 Å². The number of rotatable bonds is 5. The fraction of sp³-hybridized carbons (Fsp3) is 0.278. The van der Waals surface area contributed by atoms with E-state index >= 15 is 0 Å². The van der Waals surface area contributed by atoms with Crippen molar-refractivity contribution in [3.05, 3.63) is 58.6 Å².